The number of rotatable bonds is 5. The predicted octanol–water partition coefficient (Wildman–Crippen LogP) is 3.99. The lowest BCUT2D eigenvalue weighted by Gasteiger charge is -2.10. The zero-order valence-corrected chi connectivity index (χ0v) is 11.1. The van der Waals surface area contributed by atoms with Crippen LogP contribution in [0.4, 0.5) is 8.78 Å². The third-order valence-corrected chi connectivity index (χ3v) is 3.05. The first-order valence-corrected chi connectivity index (χ1v) is 6.45. The number of aliphatic hydroxyl groups is 1. The van der Waals surface area contributed by atoms with Crippen LogP contribution < -0.4 is 4.74 Å². The van der Waals surface area contributed by atoms with Gasteiger partial charge in [0.2, 0.25) is 0 Å². The first-order chi connectivity index (χ1) is 9.60. The molecule has 2 aromatic carbocycles. The number of benzene rings is 2. The van der Waals surface area contributed by atoms with Gasteiger partial charge in [0.05, 0.1) is 6.10 Å². The Morgan fingerprint density at radius 3 is 2.45 bits per heavy atom. The van der Waals surface area contributed by atoms with Gasteiger partial charge in [-0.3, -0.25) is 0 Å². The van der Waals surface area contributed by atoms with Crippen molar-refractivity contribution >= 4 is 0 Å². The highest BCUT2D eigenvalue weighted by molar-refractivity contribution is 5.29. The Morgan fingerprint density at radius 2 is 1.80 bits per heavy atom. The second kappa shape index (κ2) is 6.48. The van der Waals surface area contributed by atoms with Crippen molar-refractivity contribution in [3.05, 3.63) is 65.2 Å². The minimum absolute atomic E-state index is 0.0424. The van der Waals surface area contributed by atoms with Crippen LogP contribution in [0.15, 0.2) is 42.5 Å². The molecule has 2 nitrogen and oxygen atoms in total. The van der Waals surface area contributed by atoms with Gasteiger partial charge in [0.15, 0.2) is 0 Å². The largest absolute Gasteiger partial charge is 0.489 e. The summed E-state index contributed by atoms with van der Waals surface area (Å²) in [7, 11) is 0. The Balaban J connectivity index is 2.02. The molecule has 0 bridgehead atoms. The SMILES string of the molecule is CC[C@@H](O)c1ccc(OCc2cc(F)ccc2F)cc1. The zero-order chi connectivity index (χ0) is 14.5. The Morgan fingerprint density at radius 1 is 1.10 bits per heavy atom. The van der Waals surface area contributed by atoms with Crippen molar-refractivity contribution < 1.29 is 18.6 Å². The fourth-order valence-electron chi connectivity index (χ4n) is 1.84. The van der Waals surface area contributed by atoms with Crippen LogP contribution in [0, 0.1) is 11.6 Å². The summed E-state index contributed by atoms with van der Waals surface area (Å²) in [5.74, 6) is -0.448. The quantitative estimate of drug-likeness (QED) is 0.896. The lowest BCUT2D eigenvalue weighted by molar-refractivity contribution is 0.173. The van der Waals surface area contributed by atoms with Crippen molar-refractivity contribution in [3.8, 4) is 5.75 Å². The van der Waals surface area contributed by atoms with Gasteiger partial charge in [0, 0.05) is 5.56 Å². The van der Waals surface area contributed by atoms with Crippen LogP contribution >= 0.6 is 0 Å². The fourth-order valence-corrected chi connectivity index (χ4v) is 1.84. The molecule has 1 N–H and O–H groups in total. The maximum absolute atomic E-state index is 13.4. The van der Waals surface area contributed by atoms with Crippen molar-refractivity contribution in [2.24, 2.45) is 0 Å². The first-order valence-electron chi connectivity index (χ1n) is 6.45. The third kappa shape index (κ3) is 3.54. The van der Waals surface area contributed by atoms with Crippen LogP contribution in [-0.4, -0.2) is 5.11 Å². The molecular weight excluding hydrogens is 262 g/mol. The average Bonchev–Trinajstić information content (AvgIpc) is 2.48. The monoisotopic (exact) mass is 278 g/mol. The molecule has 1 atom stereocenters. The zero-order valence-electron chi connectivity index (χ0n) is 11.1. The highest BCUT2D eigenvalue weighted by atomic mass is 19.1. The highest BCUT2D eigenvalue weighted by Crippen LogP contribution is 2.21. The first kappa shape index (κ1) is 14.5. The van der Waals surface area contributed by atoms with Crippen LogP contribution in [0.3, 0.4) is 0 Å². The van der Waals surface area contributed by atoms with Crippen LogP contribution in [0.25, 0.3) is 0 Å². The van der Waals surface area contributed by atoms with Gasteiger partial charge >= 0.3 is 0 Å². The van der Waals surface area contributed by atoms with Crippen molar-refractivity contribution in [1.29, 1.82) is 0 Å². The number of ether oxygens (including phenoxy) is 1. The van der Waals surface area contributed by atoms with Gasteiger partial charge in [-0.25, -0.2) is 8.78 Å². The van der Waals surface area contributed by atoms with Crippen LogP contribution in [0.5, 0.6) is 5.75 Å². The van der Waals surface area contributed by atoms with Crippen LogP contribution in [0.1, 0.15) is 30.6 Å². The maximum Gasteiger partial charge on any atom is 0.130 e. The summed E-state index contributed by atoms with van der Waals surface area (Å²) < 4.78 is 31.8. The summed E-state index contributed by atoms with van der Waals surface area (Å²) in [5.41, 5.74) is 0.972. The standard InChI is InChI=1S/C16H16F2O2/c1-2-16(19)11-3-6-14(7-4-11)20-10-12-9-13(17)5-8-15(12)18/h3-9,16,19H,2,10H2,1H3/t16-/m1/s1. The Labute approximate surface area is 116 Å². The summed E-state index contributed by atoms with van der Waals surface area (Å²) in [4.78, 5) is 0. The van der Waals surface area contributed by atoms with Crippen LogP contribution in [0.2, 0.25) is 0 Å². The molecule has 0 saturated heterocycles. The lowest BCUT2D eigenvalue weighted by atomic mass is 10.1. The Kier molecular flexibility index (Phi) is 4.69. The molecule has 0 aliphatic rings. The van der Waals surface area contributed by atoms with E-state index < -0.39 is 17.7 Å². The van der Waals surface area contributed by atoms with Gasteiger partial charge in [-0.05, 0) is 42.3 Å². The van der Waals surface area contributed by atoms with Gasteiger partial charge in [-0.1, -0.05) is 19.1 Å². The number of aliphatic hydroxyl groups excluding tert-OH is 1. The Hall–Kier alpha value is -1.94. The van der Waals surface area contributed by atoms with E-state index in [1.54, 1.807) is 24.3 Å². The molecule has 2 rings (SSSR count). The van der Waals surface area contributed by atoms with Gasteiger partial charge in [-0.15, -0.1) is 0 Å². The summed E-state index contributed by atoms with van der Waals surface area (Å²) in [6.45, 7) is 1.85. The van der Waals surface area contributed by atoms with Crippen molar-refractivity contribution in [2.45, 2.75) is 26.1 Å². The number of hydrogen-bond acceptors (Lipinski definition) is 2. The van der Waals surface area contributed by atoms with Gasteiger partial charge < -0.3 is 9.84 Å². The van der Waals surface area contributed by atoms with E-state index in [0.29, 0.717) is 12.2 Å². The summed E-state index contributed by atoms with van der Waals surface area (Å²) in [6, 6.07) is 10.2. The molecule has 0 unspecified atom stereocenters. The third-order valence-electron chi connectivity index (χ3n) is 3.05. The molecule has 0 radical (unpaired) electrons. The normalized spacial score (nSPS) is 12.2. The Bertz CT molecular complexity index is 567. The molecule has 106 valence electrons. The van der Waals surface area contributed by atoms with Gasteiger partial charge in [0.1, 0.15) is 24.0 Å². The lowest BCUT2D eigenvalue weighted by Crippen LogP contribution is -2.00. The summed E-state index contributed by atoms with van der Waals surface area (Å²) in [6.07, 6.45) is 0.138. The van der Waals surface area contributed by atoms with E-state index in [-0.39, 0.29) is 12.2 Å². The van der Waals surface area contributed by atoms with E-state index in [0.717, 1.165) is 23.8 Å². The van der Waals surface area contributed by atoms with Crippen molar-refractivity contribution in [2.75, 3.05) is 0 Å². The van der Waals surface area contributed by atoms with E-state index in [1.807, 2.05) is 6.92 Å². The number of hydrogen-bond donors (Lipinski definition) is 1. The number of halogens is 2. The molecule has 0 aliphatic carbocycles. The maximum atomic E-state index is 13.4. The fraction of sp³-hybridized carbons (Fsp3) is 0.250. The van der Waals surface area contributed by atoms with Crippen molar-refractivity contribution in [3.63, 3.8) is 0 Å². The minimum Gasteiger partial charge on any atom is -0.489 e. The summed E-state index contributed by atoms with van der Waals surface area (Å²) in [5, 5.41) is 9.66. The molecule has 0 heterocycles. The topological polar surface area (TPSA) is 29.5 Å². The molecule has 0 spiro atoms. The molecule has 0 fully saturated rings. The molecule has 0 amide bonds. The molecule has 20 heavy (non-hydrogen) atoms. The summed E-state index contributed by atoms with van der Waals surface area (Å²) >= 11 is 0. The average molecular weight is 278 g/mol. The second-order valence-corrected chi connectivity index (χ2v) is 4.52. The highest BCUT2D eigenvalue weighted by Gasteiger charge is 2.06. The molecule has 2 aromatic rings. The molecular formula is C16H16F2O2. The van der Waals surface area contributed by atoms with Crippen molar-refractivity contribution in [1.82, 2.24) is 0 Å². The van der Waals surface area contributed by atoms with Crippen LogP contribution in [-0.2, 0) is 6.61 Å². The van der Waals surface area contributed by atoms with E-state index >= 15 is 0 Å². The molecule has 0 aliphatic heterocycles. The van der Waals surface area contributed by atoms with E-state index in [2.05, 4.69) is 0 Å². The van der Waals surface area contributed by atoms with E-state index in [1.165, 1.54) is 0 Å². The minimum atomic E-state index is -0.496. The van der Waals surface area contributed by atoms with E-state index in [4.69, 9.17) is 4.74 Å². The molecule has 0 aromatic heterocycles. The molecule has 4 heteroatoms. The second-order valence-electron chi connectivity index (χ2n) is 4.52. The predicted molar refractivity (Wildman–Crippen MR) is 72.4 cm³/mol. The molecule has 0 saturated carbocycles. The smallest absolute Gasteiger partial charge is 0.130 e. The van der Waals surface area contributed by atoms with Gasteiger partial charge in [-0.2, -0.15) is 0 Å². The van der Waals surface area contributed by atoms with E-state index in [9.17, 15) is 13.9 Å². The van der Waals surface area contributed by atoms with Gasteiger partial charge in [0.25, 0.3) is 0 Å².